The Morgan fingerprint density at radius 3 is 1.50 bits per heavy atom. The van der Waals surface area contributed by atoms with Crippen LogP contribution in [0.25, 0.3) is 0 Å². The molecule has 0 saturated carbocycles. The maximum Gasteiger partial charge on any atom is 0.306 e. The molecule has 0 spiro atoms. The number of unbranched alkanes of at least 4 members (excludes halogenated alkanes) is 12. The van der Waals surface area contributed by atoms with Gasteiger partial charge in [0.15, 0.2) is 0 Å². The molecular formula is C43H64NO7P. The van der Waals surface area contributed by atoms with Crippen LogP contribution in [0.3, 0.4) is 0 Å². The first-order chi connectivity index (χ1) is 25.1. The third kappa shape index (κ3) is 16.4. The summed E-state index contributed by atoms with van der Waals surface area (Å²) in [6, 6.07) is 29.6. The van der Waals surface area contributed by atoms with Crippen LogP contribution in [0.2, 0.25) is 0 Å². The van der Waals surface area contributed by atoms with Gasteiger partial charge in [0, 0.05) is 6.42 Å². The van der Waals surface area contributed by atoms with E-state index >= 15 is 0 Å². The van der Waals surface area contributed by atoms with Crippen LogP contribution in [0.1, 0.15) is 114 Å². The SMILES string of the molecule is CCCCCCCCCCCCCCCC(=O)O[C@H](COC(c1ccccc1)(c1ccccc1)c1ccccc1)COP(=O)([O-])OCC[N+](C)(C)C. The average molecular weight is 738 g/mol. The van der Waals surface area contributed by atoms with Gasteiger partial charge in [-0.2, -0.15) is 0 Å². The lowest BCUT2D eigenvalue weighted by Crippen LogP contribution is -2.39. The number of hydrogen-bond donors (Lipinski definition) is 0. The van der Waals surface area contributed by atoms with Crippen LogP contribution in [0.15, 0.2) is 91.0 Å². The lowest BCUT2D eigenvalue weighted by atomic mass is 9.80. The molecule has 1 unspecified atom stereocenters. The first-order valence-electron chi connectivity index (χ1n) is 19.5. The number of hydrogen-bond acceptors (Lipinski definition) is 7. The van der Waals surface area contributed by atoms with Crippen molar-refractivity contribution in [1.82, 2.24) is 0 Å². The molecule has 0 aliphatic carbocycles. The molecule has 3 rings (SSSR count). The van der Waals surface area contributed by atoms with Crippen molar-refractivity contribution >= 4 is 13.8 Å². The van der Waals surface area contributed by atoms with Gasteiger partial charge in [0.25, 0.3) is 7.82 Å². The Balaban J connectivity index is 1.66. The summed E-state index contributed by atoms with van der Waals surface area (Å²) in [5.74, 6) is -0.406. The van der Waals surface area contributed by atoms with Crippen LogP contribution >= 0.6 is 7.82 Å². The zero-order valence-electron chi connectivity index (χ0n) is 32.2. The fourth-order valence-electron chi connectivity index (χ4n) is 6.27. The van der Waals surface area contributed by atoms with Crippen molar-refractivity contribution in [2.24, 2.45) is 0 Å². The van der Waals surface area contributed by atoms with Crippen molar-refractivity contribution in [3.63, 3.8) is 0 Å². The molecule has 0 radical (unpaired) electrons. The van der Waals surface area contributed by atoms with E-state index in [4.69, 9.17) is 18.5 Å². The van der Waals surface area contributed by atoms with E-state index in [1.807, 2.05) is 112 Å². The van der Waals surface area contributed by atoms with Crippen molar-refractivity contribution in [2.75, 3.05) is 47.5 Å². The van der Waals surface area contributed by atoms with E-state index in [0.29, 0.717) is 17.4 Å². The highest BCUT2D eigenvalue weighted by atomic mass is 31.2. The minimum Gasteiger partial charge on any atom is -0.756 e. The highest BCUT2D eigenvalue weighted by Gasteiger charge is 2.38. The Morgan fingerprint density at radius 2 is 1.08 bits per heavy atom. The average Bonchev–Trinajstić information content (AvgIpc) is 3.13. The second kappa shape index (κ2) is 23.7. The number of carbonyl (C=O) groups is 1. The number of rotatable bonds is 28. The molecule has 0 fully saturated rings. The molecule has 0 aliphatic rings. The summed E-state index contributed by atoms with van der Waals surface area (Å²) in [4.78, 5) is 26.0. The Morgan fingerprint density at radius 1 is 0.654 bits per heavy atom. The van der Waals surface area contributed by atoms with Gasteiger partial charge in [0.1, 0.15) is 24.9 Å². The monoisotopic (exact) mass is 737 g/mol. The van der Waals surface area contributed by atoms with Crippen molar-refractivity contribution in [2.45, 2.75) is 109 Å². The molecule has 52 heavy (non-hydrogen) atoms. The van der Waals surface area contributed by atoms with Crippen molar-refractivity contribution < 1.29 is 37.3 Å². The Hall–Kier alpha value is -2.84. The predicted octanol–water partition coefficient (Wildman–Crippen LogP) is 9.60. The van der Waals surface area contributed by atoms with Crippen LogP contribution in [-0.4, -0.2) is 64.1 Å². The second-order valence-corrected chi connectivity index (χ2v) is 16.2. The molecule has 0 heterocycles. The Labute approximate surface area is 314 Å². The fraction of sp³-hybridized carbons (Fsp3) is 0.558. The topological polar surface area (TPSA) is 94.1 Å². The van der Waals surface area contributed by atoms with Gasteiger partial charge in [0.2, 0.25) is 0 Å². The summed E-state index contributed by atoms with van der Waals surface area (Å²) in [6.45, 7) is 2.15. The number of phosphoric ester groups is 1. The normalized spacial score (nSPS) is 13.8. The smallest absolute Gasteiger partial charge is 0.306 e. The van der Waals surface area contributed by atoms with E-state index < -0.39 is 32.1 Å². The van der Waals surface area contributed by atoms with Crippen LogP contribution in [0.4, 0.5) is 0 Å². The van der Waals surface area contributed by atoms with Gasteiger partial charge in [-0.05, 0) is 23.1 Å². The molecule has 9 heteroatoms. The van der Waals surface area contributed by atoms with Gasteiger partial charge in [-0.15, -0.1) is 0 Å². The minimum absolute atomic E-state index is 0.0244. The van der Waals surface area contributed by atoms with E-state index in [0.717, 1.165) is 29.5 Å². The van der Waals surface area contributed by atoms with Gasteiger partial charge in [-0.25, -0.2) is 0 Å². The molecular weight excluding hydrogens is 673 g/mol. The van der Waals surface area contributed by atoms with Crippen LogP contribution < -0.4 is 4.89 Å². The van der Waals surface area contributed by atoms with Crippen molar-refractivity contribution in [3.8, 4) is 0 Å². The number of likely N-dealkylation sites (N-methyl/N-ethyl adjacent to an activating group) is 1. The molecule has 3 aromatic rings. The largest absolute Gasteiger partial charge is 0.756 e. The summed E-state index contributed by atoms with van der Waals surface area (Å²) in [5.41, 5.74) is 1.56. The summed E-state index contributed by atoms with van der Waals surface area (Å²) in [7, 11) is 1.17. The quantitative estimate of drug-likeness (QED) is 0.0241. The van der Waals surface area contributed by atoms with Gasteiger partial charge in [-0.1, -0.05) is 175 Å². The third-order valence-corrected chi connectivity index (χ3v) is 10.2. The van der Waals surface area contributed by atoms with Crippen LogP contribution in [0, 0.1) is 0 Å². The first-order valence-corrected chi connectivity index (χ1v) is 20.9. The van der Waals surface area contributed by atoms with E-state index in [-0.39, 0.29) is 19.6 Å². The van der Waals surface area contributed by atoms with Gasteiger partial charge in [-0.3, -0.25) is 9.36 Å². The second-order valence-electron chi connectivity index (χ2n) is 14.8. The minimum atomic E-state index is -4.67. The first kappa shape index (κ1) is 43.6. The molecule has 288 valence electrons. The third-order valence-electron chi connectivity index (χ3n) is 9.24. The number of benzene rings is 3. The zero-order chi connectivity index (χ0) is 37.5. The number of esters is 1. The number of phosphoric acid groups is 1. The summed E-state index contributed by atoms with van der Waals surface area (Å²) >= 11 is 0. The lowest BCUT2D eigenvalue weighted by molar-refractivity contribution is -0.870. The molecule has 0 amide bonds. The number of nitrogens with zero attached hydrogens (tertiary/aromatic N) is 1. The summed E-state index contributed by atoms with van der Waals surface area (Å²) < 4.78 is 36.6. The lowest BCUT2D eigenvalue weighted by Gasteiger charge is -2.37. The Kier molecular flexibility index (Phi) is 19.9. The standard InChI is InChI=1S/C43H64NO7P/c1-5-6-7-8-9-10-11-12-13-14-15-16-26-33-42(45)51-41(37-50-52(46,47)49-35-34-44(2,3)4)36-48-43(38-27-20-17-21-28-38,39-29-22-18-23-30-39)40-31-24-19-25-32-40/h17-25,27-32,41H,5-16,26,33-37H2,1-4H3/t41-/m1/s1. The summed E-state index contributed by atoms with van der Waals surface area (Å²) in [6.07, 6.45) is 15.0. The van der Waals surface area contributed by atoms with Gasteiger partial charge in [0.05, 0.1) is 34.4 Å². The van der Waals surface area contributed by atoms with Crippen LogP contribution in [-0.2, 0) is 33.5 Å². The molecule has 0 aromatic heterocycles. The molecule has 0 bridgehead atoms. The highest BCUT2D eigenvalue weighted by Crippen LogP contribution is 2.42. The zero-order valence-corrected chi connectivity index (χ0v) is 33.1. The number of carbonyl (C=O) groups excluding carboxylic acids is 1. The van der Waals surface area contributed by atoms with Crippen LogP contribution in [0.5, 0.6) is 0 Å². The molecule has 3 aromatic carbocycles. The number of ether oxygens (including phenoxy) is 2. The molecule has 2 atom stereocenters. The van der Waals surface area contributed by atoms with Gasteiger partial charge >= 0.3 is 5.97 Å². The molecule has 0 N–H and O–H groups in total. The molecule has 8 nitrogen and oxygen atoms in total. The van der Waals surface area contributed by atoms with E-state index in [1.54, 1.807) is 0 Å². The summed E-state index contributed by atoms with van der Waals surface area (Å²) in [5, 5.41) is 0. The van der Waals surface area contributed by atoms with Gasteiger partial charge < -0.3 is 27.9 Å². The molecule has 0 aliphatic heterocycles. The predicted molar refractivity (Wildman–Crippen MR) is 208 cm³/mol. The number of quaternary nitrogens is 1. The van der Waals surface area contributed by atoms with E-state index in [2.05, 4.69) is 6.92 Å². The Bertz CT molecular complexity index is 1320. The van der Waals surface area contributed by atoms with Crippen molar-refractivity contribution in [1.29, 1.82) is 0 Å². The highest BCUT2D eigenvalue weighted by molar-refractivity contribution is 7.45. The van der Waals surface area contributed by atoms with E-state index in [9.17, 15) is 14.3 Å². The van der Waals surface area contributed by atoms with Crippen molar-refractivity contribution in [3.05, 3.63) is 108 Å². The molecule has 0 saturated heterocycles. The van der Waals surface area contributed by atoms with E-state index in [1.165, 1.54) is 64.2 Å². The maximum atomic E-state index is 13.2. The fourth-order valence-corrected chi connectivity index (χ4v) is 7.00. The maximum absolute atomic E-state index is 13.2.